The van der Waals surface area contributed by atoms with E-state index in [4.69, 9.17) is 10.2 Å². The van der Waals surface area contributed by atoms with Crippen LogP contribution >= 0.6 is 0 Å². The van der Waals surface area contributed by atoms with E-state index in [2.05, 4.69) is 6.92 Å². The van der Waals surface area contributed by atoms with Gasteiger partial charge in [-0.25, -0.2) is 0 Å². The Hall–Kier alpha value is -0.600. The van der Waals surface area contributed by atoms with Gasteiger partial charge in [0.1, 0.15) is 0 Å². The Morgan fingerprint density at radius 1 is 1.00 bits per heavy atom. The van der Waals surface area contributed by atoms with Gasteiger partial charge in [0.15, 0.2) is 0 Å². The summed E-state index contributed by atoms with van der Waals surface area (Å²) in [6.07, 6.45) is 12.1. The van der Waals surface area contributed by atoms with Crippen molar-refractivity contribution in [3.63, 3.8) is 0 Å². The highest BCUT2D eigenvalue weighted by atomic mass is 16.3. The molecule has 0 rings (SSSR count). The summed E-state index contributed by atoms with van der Waals surface area (Å²) in [5, 5.41) is 17.1. The van der Waals surface area contributed by atoms with Crippen molar-refractivity contribution in [2.24, 2.45) is 5.92 Å². The molecule has 0 fully saturated rings. The van der Waals surface area contributed by atoms with Crippen molar-refractivity contribution in [3.8, 4) is 0 Å². The highest BCUT2D eigenvalue weighted by Crippen LogP contribution is 2.16. The van der Waals surface area contributed by atoms with Crippen molar-refractivity contribution in [1.29, 1.82) is 0 Å². The van der Waals surface area contributed by atoms with Crippen LogP contribution in [-0.4, -0.2) is 23.4 Å². The van der Waals surface area contributed by atoms with Gasteiger partial charge in [0, 0.05) is 0 Å². The summed E-state index contributed by atoms with van der Waals surface area (Å²) in [5.74, 6) is 0.696. The molecule has 1 atom stereocenters. The minimum absolute atomic E-state index is 0.140. The van der Waals surface area contributed by atoms with E-state index in [0.717, 1.165) is 19.3 Å². The number of hydrogen-bond acceptors (Lipinski definition) is 2. The Labute approximate surface area is 87.0 Å². The lowest BCUT2D eigenvalue weighted by Gasteiger charge is -2.10. The molecule has 82 valence electrons. The molecule has 0 aliphatic rings. The van der Waals surface area contributed by atoms with Gasteiger partial charge in [0.2, 0.25) is 0 Å². The fourth-order valence-corrected chi connectivity index (χ4v) is 1.38. The molecule has 14 heavy (non-hydrogen) atoms. The molecule has 0 saturated heterocycles. The summed E-state index contributed by atoms with van der Waals surface area (Å²) in [7, 11) is 0. The van der Waals surface area contributed by atoms with Crippen LogP contribution in [0.15, 0.2) is 24.3 Å². The fourth-order valence-electron chi connectivity index (χ4n) is 1.38. The van der Waals surface area contributed by atoms with Gasteiger partial charge in [-0.2, -0.15) is 0 Å². The Kier molecular flexibility index (Phi) is 10.0. The molecule has 0 saturated carbocycles. The molecule has 2 heteroatoms. The number of aliphatic hydroxyl groups excluding tert-OH is 2. The molecule has 1 unspecified atom stereocenters. The molecule has 0 aliphatic carbocycles. The highest BCUT2D eigenvalue weighted by molar-refractivity contribution is 4.85. The van der Waals surface area contributed by atoms with Crippen LogP contribution in [0.25, 0.3) is 0 Å². The second-order valence-electron chi connectivity index (χ2n) is 3.40. The lowest BCUT2D eigenvalue weighted by Crippen LogP contribution is -1.96. The first kappa shape index (κ1) is 13.4. The van der Waals surface area contributed by atoms with Gasteiger partial charge in [-0.1, -0.05) is 37.6 Å². The summed E-state index contributed by atoms with van der Waals surface area (Å²) in [5.41, 5.74) is 0. The molecule has 0 aromatic heterocycles. The van der Waals surface area contributed by atoms with Crippen LogP contribution in [0.5, 0.6) is 0 Å². The van der Waals surface area contributed by atoms with Gasteiger partial charge in [-0.05, 0) is 25.2 Å². The van der Waals surface area contributed by atoms with Gasteiger partial charge in [-0.15, -0.1) is 0 Å². The van der Waals surface area contributed by atoms with E-state index in [0.29, 0.717) is 5.92 Å². The SMILES string of the molecule is CCC(C/C=C\CO)CC/C=C/CO. The number of hydrogen-bond donors (Lipinski definition) is 2. The maximum absolute atomic E-state index is 8.57. The predicted octanol–water partition coefficient (Wildman–Crippen LogP) is 2.28. The molecule has 0 radical (unpaired) electrons. The van der Waals surface area contributed by atoms with Crippen LogP contribution in [-0.2, 0) is 0 Å². The average Bonchev–Trinajstić information content (AvgIpc) is 2.22. The quantitative estimate of drug-likeness (QED) is 0.587. The molecular formula is C12H22O2. The minimum atomic E-state index is 0.140. The van der Waals surface area contributed by atoms with Crippen LogP contribution in [0.4, 0.5) is 0 Å². The first-order valence-electron chi connectivity index (χ1n) is 5.36. The normalized spacial score (nSPS) is 14.2. The van der Waals surface area contributed by atoms with E-state index in [1.54, 1.807) is 12.2 Å². The average molecular weight is 198 g/mol. The van der Waals surface area contributed by atoms with Crippen LogP contribution in [0.1, 0.15) is 32.6 Å². The second-order valence-corrected chi connectivity index (χ2v) is 3.40. The smallest absolute Gasteiger partial charge is 0.0612 e. The zero-order valence-electron chi connectivity index (χ0n) is 9.02. The molecule has 0 amide bonds. The van der Waals surface area contributed by atoms with Crippen molar-refractivity contribution in [1.82, 2.24) is 0 Å². The van der Waals surface area contributed by atoms with E-state index < -0.39 is 0 Å². The zero-order chi connectivity index (χ0) is 10.6. The first-order valence-corrected chi connectivity index (χ1v) is 5.36. The molecule has 0 aromatic rings. The third-order valence-corrected chi connectivity index (χ3v) is 2.33. The molecule has 0 aromatic carbocycles. The topological polar surface area (TPSA) is 40.5 Å². The molecule has 0 heterocycles. The molecule has 0 aliphatic heterocycles. The van der Waals surface area contributed by atoms with E-state index in [-0.39, 0.29) is 13.2 Å². The first-order chi connectivity index (χ1) is 6.85. The van der Waals surface area contributed by atoms with Crippen molar-refractivity contribution >= 4 is 0 Å². The third kappa shape index (κ3) is 8.02. The maximum Gasteiger partial charge on any atom is 0.0612 e. The van der Waals surface area contributed by atoms with E-state index in [1.165, 1.54) is 6.42 Å². The van der Waals surface area contributed by atoms with Crippen LogP contribution < -0.4 is 0 Å². The highest BCUT2D eigenvalue weighted by Gasteiger charge is 2.01. The number of allylic oxidation sites excluding steroid dienone is 2. The van der Waals surface area contributed by atoms with Crippen LogP contribution in [0.3, 0.4) is 0 Å². The minimum Gasteiger partial charge on any atom is -0.392 e. The number of rotatable bonds is 8. The van der Waals surface area contributed by atoms with Crippen LogP contribution in [0.2, 0.25) is 0 Å². The Balaban J connectivity index is 3.57. The monoisotopic (exact) mass is 198 g/mol. The van der Waals surface area contributed by atoms with Crippen LogP contribution in [0, 0.1) is 5.92 Å². The van der Waals surface area contributed by atoms with E-state index in [1.807, 2.05) is 12.2 Å². The third-order valence-electron chi connectivity index (χ3n) is 2.33. The lowest BCUT2D eigenvalue weighted by molar-refractivity contribution is 0.341. The zero-order valence-corrected chi connectivity index (χ0v) is 9.02. The predicted molar refractivity (Wildman–Crippen MR) is 60.1 cm³/mol. The summed E-state index contributed by atoms with van der Waals surface area (Å²) < 4.78 is 0. The fraction of sp³-hybridized carbons (Fsp3) is 0.667. The molecular weight excluding hydrogens is 176 g/mol. The van der Waals surface area contributed by atoms with Crippen molar-refractivity contribution in [2.75, 3.05) is 13.2 Å². The summed E-state index contributed by atoms with van der Waals surface area (Å²) in [4.78, 5) is 0. The standard InChI is InChI=1S/C12H22O2/c1-2-12(9-5-7-11-14)8-4-3-6-10-13/h3,5-7,12-14H,2,4,8-11H2,1H3/b6-3+,7-5-. The summed E-state index contributed by atoms with van der Waals surface area (Å²) in [6.45, 7) is 2.47. The summed E-state index contributed by atoms with van der Waals surface area (Å²) in [6, 6.07) is 0. The molecule has 2 N–H and O–H groups in total. The molecule has 2 nitrogen and oxygen atoms in total. The van der Waals surface area contributed by atoms with E-state index in [9.17, 15) is 0 Å². The van der Waals surface area contributed by atoms with Gasteiger partial charge < -0.3 is 10.2 Å². The largest absolute Gasteiger partial charge is 0.392 e. The Morgan fingerprint density at radius 3 is 2.21 bits per heavy atom. The van der Waals surface area contributed by atoms with Gasteiger partial charge in [0.05, 0.1) is 13.2 Å². The van der Waals surface area contributed by atoms with Crippen molar-refractivity contribution in [3.05, 3.63) is 24.3 Å². The van der Waals surface area contributed by atoms with E-state index >= 15 is 0 Å². The Bertz CT molecular complexity index is 162. The second kappa shape index (κ2) is 10.5. The number of aliphatic hydroxyl groups is 2. The summed E-state index contributed by atoms with van der Waals surface area (Å²) >= 11 is 0. The molecule has 0 spiro atoms. The van der Waals surface area contributed by atoms with Crippen molar-refractivity contribution < 1.29 is 10.2 Å². The Morgan fingerprint density at radius 2 is 1.64 bits per heavy atom. The van der Waals surface area contributed by atoms with Gasteiger partial charge >= 0.3 is 0 Å². The maximum atomic E-state index is 8.57. The van der Waals surface area contributed by atoms with Gasteiger partial charge in [-0.3, -0.25) is 0 Å². The lowest BCUT2D eigenvalue weighted by atomic mass is 9.96. The van der Waals surface area contributed by atoms with Gasteiger partial charge in [0.25, 0.3) is 0 Å². The molecule has 0 bridgehead atoms. The van der Waals surface area contributed by atoms with Crippen molar-refractivity contribution in [2.45, 2.75) is 32.6 Å².